The molecule has 4 rings (SSSR count). The van der Waals surface area contributed by atoms with Gasteiger partial charge in [0, 0.05) is 17.7 Å². The van der Waals surface area contributed by atoms with Gasteiger partial charge in [0.1, 0.15) is 0 Å². The van der Waals surface area contributed by atoms with E-state index >= 15 is 0 Å². The summed E-state index contributed by atoms with van der Waals surface area (Å²) in [5.41, 5.74) is 3.90. The van der Waals surface area contributed by atoms with E-state index in [0.29, 0.717) is 17.9 Å². The highest BCUT2D eigenvalue weighted by molar-refractivity contribution is 5.58. The van der Waals surface area contributed by atoms with E-state index < -0.39 is 0 Å². The first-order chi connectivity index (χ1) is 14.7. The van der Waals surface area contributed by atoms with Crippen LogP contribution < -0.4 is 10.6 Å². The molecule has 0 amide bonds. The van der Waals surface area contributed by atoms with Gasteiger partial charge in [-0.3, -0.25) is 0 Å². The van der Waals surface area contributed by atoms with Gasteiger partial charge in [0.05, 0.1) is 17.8 Å². The van der Waals surface area contributed by atoms with Crippen LogP contribution in [0.3, 0.4) is 0 Å². The summed E-state index contributed by atoms with van der Waals surface area (Å²) in [6.45, 7) is 6.64. The first-order valence-electron chi connectivity index (χ1n) is 12.2. The molecule has 6 heteroatoms. The minimum absolute atomic E-state index is 0.132. The molecule has 1 saturated heterocycles. The molecule has 2 aromatic heterocycles. The lowest BCUT2D eigenvalue weighted by molar-refractivity contribution is 0.121. The summed E-state index contributed by atoms with van der Waals surface area (Å²) in [6, 6.07) is 2.79. The zero-order valence-corrected chi connectivity index (χ0v) is 18.7. The SMILES string of the molecule is CCCCC[C@H](C)Nc1ncc2c(C3CCNCC3)cc([C@H]3CC[C@H](O)CC3)n2n1. The van der Waals surface area contributed by atoms with E-state index in [2.05, 4.69) is 35.1 Å². The van der Waals surface area contributed by atoms with Crippen LogP contribution in [0.1, 0.15) is 101 Å². The normalized spacial score (nSPS) is 24.2. The number of aliphatic hydroxyl groups excluding tert-OH is 1. The Morgan fingerprint density at radius 2 is 1.90 bits per heavy atom. The van der Waals surface area contributed by atoms with E-state index in [4.69, 9.17) is 10.1 Å². The second-order valence-corrected chi connectivity index (χ2v) is 9.47. The lowest BCUT2D eigenvalue weighted by atomic mass is 9.84. The van der Waals surface area contributed by atoms with Crippen molar-refractivity contribution in [2.75, 3.05) is 18.4 Å². The zero-order valence-electron chi connectivity index (χ0n) is 18.7. The van der Waals surface area contributed by atoms with Gasteiger partial charge in [0.25, 0.3) is 0 Å². The van der Waals surface area contributed by atoms with Crippen molar-refractivity contribution in [3.63, 3.8) is 0 Å². The summed E-state index contributed by atoms with van der Waals surface area (Å²) >= 11 is 0. The maximum absolute atomic E-state index is 9.98. The van der Waals surface area contributed by atoms with Crippen molar-refractivity contribution in [3.05, 3.63) is 23.5 Å². The highest BCUT2D eigenvalue weighted by Gasteiger charge is 2.27. The van der Waals surface area contributed by atoms with Gasteiger partial charge in [0.2, 0.25) is 5.95 Å². The predicted octanol–water partition coefficient (Wildman–Crippen LogP) is 4.60. The smallest absolute Gasteiger partial charge is 0.241 e. The van der Waals surface area contributed by atoms with Crippen LogP contribution in [0, 0.1) is 0 Å². The Morgan fingerprint density at radius 3 is 2.63 bits per heavy atom. The zero-order chi connectivity index (χ0) is 20.9. The third kappa shape index (κ3) is 4.97. The van der Waals surface area contributed by atoms with Gasteiger partial charge in [-0.25, -0.2) is 9.50 Å². The quantitative estimate of drug-likeness (QED) is 0.552. The molecule has 2 fully saturated rings. The first-order valence-corrected chi connectivity index (χ1v) is 12.2. The summed E-state index contributed by atoms with van der Waals surface area (Å²) in [6.07, 6.45) is 13.0. The van der Waals surface area contributed by atoms with E-state index in [1.807, 2.05) is 6.20 Å². The number of nitrogens with one attached hydrogen (secondary N) is 2. The van der Waals surface area contributed by atoms with Crippen molar-refractivity contribution < 1.29 is 5.11 Å². The average Bonchev–Trinajstić information content (AvgIpc) is 3.14. The maximum Gasteiger partial charge on any atom is 0.241 e. The second kappa shape index (κ2) is 10.1. The number of hydrogen-bond donors (Lipinski definition) is 3. The molecule has 0 radical (unpaired) electrons. The number of nitrogens with zero attached hydrogens (tertiary/aromatic N) is 3. The molecule has 166 valence electrons. The Hall–Kier alpha value is -1.66. The minimum atomic E-state index is -0.132. The molecule has 0 aromatic carbocycles. The Balaban J connectivity index is 1.61. The molecule has 2 aromatic rings. The Labute approximate surface area is 180 Å². The highest BCUT2D eigenvalue weighted by atomic mass is 16.3. The van der Waals surface area contributed by atoms with E-state index in [1.54, 1.807) is 0 Å². The molecule has 2 aliphatic rings. The van der Waals surface area contributed by atoms with Gasteiger partial charge in [0.15, 0.2) is 0 Å². The molecule has 1 aliphatic heterocycles. The predicted molar refractivity (Wildman–Crippen MR) is 122 cm³/mol. The molecule has 1 saturated carbocycles. The van der Waals surface area contributed by atoms with Crippen LogP contribution in [-0.2, 0) is 0 Å². The standard InChI is InChI=1S/C24H39N5O/c1-3-4-5-6-17(2)27-24-26-16-23-21(18-11-13-25-14-12-18)15-22(29(23)28-24)19-7-9-20(30)10-8-19/h15-20,25,30H,3-14H2,1-2H3,(H,27,28)/t17-,19-,20-/m0/s1. The van der Waals surface area contributed by atoms with Gasteiger partial charge in [-0.05, 0) is 82.5 Å². The van der Waals surface area contributed by atoms with E-state index in [0.717, 1.165) is 51.1 Å². The van der Waals surface area contributed by atoms with Crippen LogP contribution in [0.25, 0.3) is 5.52 Å². The summed E-state index contributed by atoms with van der Waals surface area (Å²) in [5.74, 6) is 1.79. The molecular weight excluding hydrogens is 374 g/mol. The average molecular weight is 414 g/mol. The number of unbranched alkanes of at least 4 members (excludes halogenated alkanes) is 2. The maximum atomic E-state index is 9.98. The molecule has 3 N–H and O–H groups in total. The lowest BCUT2D eigenvalue weighted by Crippen LogP contribution is -2.26. The molecule has 1 aliphatic carbocycles. The number of fused-ring (bicyclic) bond motifs is 1. The fraction of sp³-hybridized carbons (Fsp3) is 0.750. The van der Waals surface area contributed by atoms with Crippen molar-refractivity contribution >= 4 is 11.5 Å². The molecule has 3 heterocycles. The largest absolute Gasteiger partial charge is 0.393 e. The van der Waals surface area contributed by atoms with Gasteiger partial charge < -0.3 is 15.7 Å². The summed E-state index contributed by atoms with van der Waals surface area (Å²) in [4.78, 5) is 4.70. The molecule has 0 unspecified atom stereocenters. The number of aliphatic hydroxyl groups is 1. The Bertz CT molecular complexity index is 805. The lowest BCUT2D eigenvalue weighted by Gasteiger charge is -2.25. The van der Waals surface area contributed by atoms with Crippen molar-refractivity contribution in [2.24, 2.45) is 0 Å². The monoisotopic (exact) mass is 413 g/mol. The third-order valence-corrected chi connectivity index (χ3v) is 7.09. The summed E-state index contributed by atoms with van der Waals surface area (Å²) in [5, 5.41) is 22.0. The molecule has 6 nitrogen and oxygen atoms in total. The van der Waals surface area contributed by atoms with E-state index in [-0.39, 0.29) is 6.10 Å². The summed E-state index contributed by atoms with van der Waals surface area (Å²) in [7, 11) is 0. The van der Waals surface area contributed by atoms with Gasteiger partial charge in [-0.1, -0.05) is 26.2 Å². The second-order valence-electron chi connectivity index (χ2n) is 9.47. The van der Waals surface area contributed by atoms with E-state index in [9.17, 15) is 5.11 Å². The van der Waals surface area contributed by atoms with Crippen molar-refractivity contribution in [2.45, 2.75) is 102 Å². The molecule has 0 spiro atoms. The number of rotatable bonds is 8. The fourth-order valence-electron chi connectivity index (χ4n) is 5.22. The van der Waals surface area contributed by atoms with Crippen LogP contribution >= 0.6 is 0 Å². The van der Waals surface area contributed by atoms with Crippen LogP contribution in [0.5, 0.6) is 0 Å². The van der Waals surface area contributed by atoms with Gasteiger partial charge >= 0.3 is 0 Å². The Morgan fingerprint density at radius 1 is 1.13 bits per heavy atom. The van der Waals surface area contributed by atoms with Crippen LogP contribution in [0.4, 0.5) is 5.95 Å². The first kappa shape index (κ1) is 21.6. The molecular formula is C24H39N5O. The number of aromatic nitrogens is 3. The van der Waals surface area contributed by atoms with Crippen molar-refractivity contribution in [3.8, 4) is 0 Å². The number of hydrogen-bond acceptors (Lipinski definition) is 5. The minimum Gasteiger partial charge on any atom is -0.393 e. The van der Waals surface area contributed by atoms with Crippen molar-refractivity contribution in [1.29, 1.82) is 0 Å². The van der Waals surface area contributed by atoms with Crippen LogP contribution in [-0.4, -0.2) is 44.9 Å². The molecule has 0 bridgehead atoms. The van der Waals surface area contributed by atoms with Crippen LogP contribution in [0.2, 0.25) is 0 Å². The molecule has 30 heavy (non-hydrogen) atoms. The highest BCUT2D eigenvalue weighted by Crippen LogP contribution is 2.38. The van der Waals surface area contributed by atoms with Crippen molar-refractivity contribution in [1.82, 2.24) is 19.9 Å². The number of piperidine rings is 1. The third-order valence-electron chi connectivity index (χ3n) is 7.09. The van der Waals surface area contributed by atoms with Gasteiger partial charge in [-0.15, -0.1) is 5.10 Å². The topological polar surface area (TPSA) is 74.5 Å². The number of anilines is 1. The summed E-state index contributed by atoms with van der Waals surface area (Å²) < 4.78 is 2.17. The van der Waals surface area contributed by atoms with Gasteiger partial charge in [-0.2, -0.15) is 0 Å². The Kier molecular flexibility index (Phi) is 7.26. The van der Waals surface area contributed by atoms with E-state index in [1.165, 1.54) is 48.9 Å². The molecule has 1 atom stereocenters. The fourth-order valence-corrected chi connectivity index (χ4v) is 5.22. The van der Waals surface area contributed by atoms with Crippen LogP contribution in [0.15, 0.2) is 12.3 Å².